The molecule has 0 saturated carbocycles. The number of anilines is 2. The van der Waals surface area contributed by atoms with Gasteiger partial charge in [-0.3, -0.25) is 9.59 Å². The molecule has 0 unspecified atom stereocenters. The lowest BCUT2D eigenvalue weighted by molar-refractivity contribution is -0.116. The van der Waals surface area contributed by atoms with Gasteiger partial charge in [0, 0.05) is 30.5 Å². The number of hydrogen-bond acceptors (Lipinski definition) is 5. The van der Waals surface area contributed by atoms with Gasteiger partial charge >= 0.3 is 0 Å². The highest BCUT2D eigenvalue weighted by Crippen LogP contribution is 2.38. The predicted octanol–water partition coefficient (Wildman–Crippen LogP) is 3.90. The number of ketones is 1. The number of fused-ring (bicyclic) bond motifs is 2. The van der Waals surface area contributed by atoms with Crippen LogP contribution in [0.3, 0.4) is 0 Å². The van der Waals surface area contributed by atoms with Gasteiger partial charge in [0.05, 0.1) is 11.4 Å². The van der Waals surface area contributed by atoms with Crippen molar-refractivity contribution in [2.45, 2.75) is 38.5 Å². The fourth-order valence-corrected chi connectivity index (χ4v) is 3.56. The number of carbonyl (C=O) groups excluding carboxylic acids is 2. The molecule has 0 atom stereocenters. The number of nitrogen functional groups attached to an aromatic ring is 1. The molecule has 0 spiro atoms. The molecule has 7 heteroatoms. The third-order valence-electron chi connectivity index (χ3n) is 5.07. The fourth-order valence-electron chi connectivity index (χ4n) is 3.56. The van der Waals surface area contributed by atoms with Crippen LogP contribution in [-0.2, 0) is 17.6 Å². The maximum absolute atomic E-state index is 12.5. The van der Waals surface area contributed by atoms with Crippen LogP contribution in [0.5, 0.6) is 11.5 Å². The predicted molar refractivity (Wildman–Crippen MR) is 110 cm³/mol. The first-order chi connectivity index (χ1) is 13.1. The third-order valence-corrected chi connectivity index (χ3v) is 5.07. The van der Waals surface area contributed by atoms with E-state index in [-0.39, 0.29) is 43.7 Å². The number of carbonyl (C=O) groups is 2. The molecule has 0 radical (unpaired) electrons. The Morgan fingerprint density at radius 1 is 0.964 bits per heavy atom. The molecule has 1 amide bonds. The summed E-state index contributed by atoms with van der Waals surface area (Å²) in [5.74, 6) is 0.835. The number of ether oxygens (including phenoxy) is 2. The number of hydrogen-bond donors (Lipinski definition) is 2. The number of rotatable bonds is 5. The van der Waals surface area contributed by atoms with Gasteiger partial charge in [-0.05, 0) is 42.9 Å². The summed E-state index contributed by atoms with van der Waals surface area (Å²) in [5, 5.41) is 2.74. The van der Waals surface area contributed by atoms with Crippen LogP contribution in [0.2, 0.25) is 0 Å². The Bertz CT molecular complexity index is 914. The van der Waals surface area contributed by atoms with E-state index in [9.17, 15) is 9.59 Å². The summed E-state index contributed by atoms with van der Waals surface area (Å²) >= 11 is 0. The highest BCUT2D eigenvalue weighted by molar-refractivity contribution is 6.01. The number of amides is 1. The maximum atomic E-state index is 12.5. The summed E-state index contributed by atoms with van der Waals surface area (Å²) < 4.78 is 10.5. The summed E-state index contributed by atoms with van der Waals surface area (Å²) in [6, 6.07) is 9.18. The van der Waals surface area contributed by atoms with Crippen molar-refractivity contribution in [3.63, 3.8) is 0 Å². The molecule has 28 heavy (non-hydrogen) atoms. The molecule has 148 valence electrons. The topological polar surface area (TPSA) is 90.7 Å². The first-order valence-electron chi connectivity index (χ1n) is 9.24. The molecule has 0 bridgehead atoms. The van der Waals surface area contributed by atoms with Crippen molar-refractivity contribution >= 4 is 35.5 Å². The van der Waals surface area contributed by atoms with Crippen molar-refractivity contribution in [2.75, 3.05) is 17.8 Å². The van der Waals surface area contributed by atoms with E-state index in [1.165, 1.54) is 24.0 Å². The van der Waals surface area contributed by atoms with Crippen molar-refractivity contribution < 1.29 is 19.1 Å². The highest BCUT2D eigenvalue weighted by atomic mass is 35.5. The molecule has 2 aromatic carbocycles. The lowest BCUT2D eigenvalue weighted by Crippen LogP contribution is -2.15. The van der Waals surface area contributed by atoms with E-state index in [4.69, 9.17) is 15.2 Å². The van der Waals surface area contributed by atoms with Gasteiger partial charge in [0.2, 0.25) is 12.7 Å². The Morgan fingerprint density at radius 3 is 2.46 bits per heavy atom. The Labute approximate surface area is 169 Å². The first-order valence-corrected chi connectivity index (χ1v) is 9.24. The molecule has 0 aromatic heterocycles. The molecule has 1 aliphatic heterocycles. The molecule has 1 heterocycles. The quantitative estimate of drug-likeness (QED) is 0.584. The number of halogens is 1. The lowest BCUT2D eigenvalue weighted by Gasteiger charge is -2.16. The Balaban J connectivity index is 0.00000225. The minimum Gasteiger partial charge on any atom is -0.454 e. The first kappa shape index (κ1) is 20.0. The monoisotopic (exact) mass is 402 g/mol. The summed E-state index contributed by atoms with van der Waals surface area (Å²) in [6.07, 6.45) is 4.76. The van der Waals surface area contributed by atoms with E-state index in [0.29, 0.717) is 28.4 Å². The lowest BCUT2D eigenvalue weighted by atomic mass is 9.89. The maximum Gasteiger partial charge on any atom is 0.231 e. The Hall–Kier alpha value is -2.73. The number of nitrogens with two attached hydrogens (primary N) is 1. The van der Waals surface area contributed by atoms with Crippen molar-refractivity contribution in [1.29, 1.82) is 0 Å². The molecule has 0 fully saturated rings. The van der Waals surface area contributed by atoms with E-state index >= 15 is 0 Å². The second-order valence-electron chi connectivity index (χ2n) is 6.95. The summed E-state index contributed by atoms with van der Waals surface area (Å²) in [6.45, 7) is 0.140. The average molecular weight is 403 g/mol. The third kappa shape index (κ3) is 4.22. The summed E-state index contributed by atoms with van der Waals surface area (Å²) in [5.41, 5.74) is 10.1. The molecule has 2 aromatic rings. The smallest absolute Gasteiger partial charge is 0.231 e. The normalized spacial score (nSPS) is 14.0. The minimum absolute atomic E-state index is 0. The van der Waals surface area contributed by atoms with Gasteiger partial charge in [-0.2, -0.15) is 0 Å². The average Bonchev–Trinajstić information content (AvgIpc) is 3.13. The molecule has 4 rings (SSSR count). The number of aryl methyl sites for hydroxylation is 2. The van der Waals surface area contributed by atoms with Crippen LogP contribution in [0.25, 0.3) is 0 Å². The Morgan fingerprint density at radius 2 is 1.68 bits per heavy atom. The van der Waals surface area contributed by atoms with Gasteiger partial charge in [0.15, 0.2) is 17.3 Å². The van der Waals surface area contributed by atoms with Gasteiger partial charge in [-0.1, -0.05) is 12.1 Å². The molecule has 6 nitrogen and oxygen atoms in total. The highest BCUT2D eigenvalue weighted by Gasteiger charge is 2.18. The number of nitrogens with one attached hydrogen (secondary N) is 1. The van der Waals surface area contributed by atoms with Crippen LogP contribution in [0, 0.1) is 0 Å². The van der Waals surface area contributed by atoms with Crippen LogP contribution in [0.1, 0.15) is 47.2 Å². The standard InChI is InChI=1S/C21H22N2O4.ClH/c22-16-10-19-20(27-12-26-19)11-17(16)23-21(25)8-7-18(24)15-6-5-13-3-1-2-4-14(13)9-15;/h5-6,9-11H,1-4,7-8,12,22H2,(H,23,25);1H. The van der Waals surface area contributed by atoms with Gasteiger partial charge in [-0.15, -0.1) is 12.4 Å². The van der Waals surface area contributed by atoms with Crippen LogP contribution in [-0.4, -0.2) is 18.5 Å². The van der Waals surface area contributed by atoms with Gasteiger partial charge in [0.25, 0.3) is 0 Å². The van der Waals surface area contributed by atoms with E-state index in [2.05, 4.69) is 11.4 Å². The number of benzene rings is 2. The second kappa shape index (κ2) is 8.52. The molecule has 3 N–H and O–H groups in total. The van der Waals surface area contributed by atoms with Crippen LogP contribution in [0.4, 0.5) is 11.4 Å². The zero-order chi connectivity index (χ0) is 18.8. The van der Waals surface area contributed by atoms with Crippen LogP contribution in [0.15, 0.2) is 30.3 Å². The Kier molecular flexibility index (Phi) is 6.09. The largest absolute Gasteiger partial charge is 0.454 e. The van der Waals surface area contributed by atoms with Crippen LogP contribution >= 0.6 is 12.4 Å². The zero-order valence-corrected chi connectivity index (χ0v) is 16.3. The fraction of sp³-hybridized carbons (Fsp3) is 0.333. The molecule has 0 saturated heterocycles. The SMILES string of the molecule is Cl.Nc1cc2c(cc1NC(=O)CCC(=O)c1ccc3c(c1)CCCC3)OCO2. The molecular weight excluding hydrogens is 380 g/mol. The van der Waals surface area contributed by atoms with Gasteiger partial charge < -0.3 is 20.5 Å². The molecule has 2 aliphatic rings. The van der Waals surface area contributed by atoms with E-state index in [1.54, 1.807) is 12.1 Å². The van der Waals surface area contributed by atoms with Gasteiger partial charge in [0.1, 0.15) is 0 Å². The number of Topliss-reactive ketones (excluding diaryl/α,β-unsaturated/α-hetero) is 1. The van der Waals surface area contributed by atoms with E-state index < -0.39 is 0 Å². The van der Waals surface area contributed by atoms with Crippen molar-refractivity contribution in [2.24, 2.45) is 0 Å². The van der Waals surface area contributed by atoms with Crippen molar-refractivity contribution in [1.82, 2.24) is 0 Å². The summed E-state index contributed by atoms with van der Waals surface area (Å²) in [7, 11) is 0. The zero-order valence-electron chi connectivity index (χ0n) is 15.5. The van der Waals surface area contributed by atoms with Crippen molar-refractivity contribution in [3.05, 3.63) is 47.0 Å². The summed E-state index contributed by atoms with van der Waals surface area (Å²) in [4.78, 5) is 24.7. The minimum atomic E-state index is -0.258. The van der Waals surface area contributed by atoms with Crippen molar-refractivity contribution in [3.8, 4) is 11.5 Å². The van der Waals surface area contributed by atoms with Crippen LogP contribution < -0.4 is 20.5 Å². The second-order valence-corrected chi connectivity index (χ2v) is 6.95. The molecular formula is C21H23ClN2O4. The van der Waals surface area contributed by atoms with E-state index in [0.717, 1.165) is 12.8 Å². The van der Waals surface area contributed by atoms with E-state index in [1.807, 2.05) is 12.1 Å². The molecule has 1 aliphatic carbocycles. The van der Waals surface area contributed by atoms with Gasteiger partial charge in [-0.25, -0.2) is 0 Å².